The van der Waals surface area contributed by atoms with Crippen LogP contribution in [0.25, 0.3) is 0 Å². The summed E-state index contributed by atoms with van der Waals surface area (Å²) >= 11 is 0. The first-order chi connectivity index (χ1) is 8.96. The fraction of sp³-hybridized carbons (Fsp3) is 0.250. The van der Waals surface area contributed by atoms with Crippen LogP contribution in [0.15, 0.2) is 41.1 Å². The number of hydrogen-bond donors (Lipinski definition) is 1. The lowest BCUT2D eigenvalue weighted by molar-refractivity contribution is -0.137. The Bertz CT molecular complexity index is 637. The SMILES string of the molecule is CCOC(=O)/C=C1/Nc2ccccc2S(=O)(=O)N1C. The van der Waals surface area contributed by atoms with Gasteiger partial charge in [0.25, 0.3) is 10.0 Å². The predicted molar refractivity (Wildman–Crippen MR) is 69.7 cm³/mol. The molecule has 0 atom stereocenters. The van der Waals surface area contributed by atoms with E-state index in [0.29, 0.717) is 5.69 Å². The molecule has 1 aliphatic rings. The lowest BCUT2D eigenvalue weighted by Gasteiger charge is -2.29. The van der Waals surface area contributed by atoms with E-state index >= 15 is 0 Å². The van der Waals surface area contributed by atoms with E-state index in [1.807, 2.05) is 0 Å². The van der Waals surface area contributed by atoms with Crippen molar-refractivity contribution in [2.75, 3.05) is 19.0 Å². The highest BCUT2D eigenvalue weighted by Gasteiger charge is 2.31. The maximum Gasteiger partial charge on any atom is 0.334 e. The monoisotopic (exact) mass is 282 g/mol. The van der Waals surface area contributed by atoms with Gasteiger partial charge in [-0.3, -0.25) is 4.31 Å². The van der Waals surface area contributed by atoms with E-state index in [2.05, 4.69) is 5.32 Å². The molecule has 0 saturated carbocycles. The highest BCUT2D eigenvalue weighted by Crippen LogP contribution is 2.31. The Balaban J connectivity index is 2.46. The summed E-state index contributed by atoms with van der Waals surface area (Å²) in [6.45, 7) is 1.91. The molecule has 6 nitrogen and oxygen atoms in total. The maximum atomic E-state index is 12.2. The van der Waals surface area contributed by atoms with Crippen LogP contribution in [0.5, 0.6) is 0 Å². The van der Waals surface area contributed by atoms with Crippen molar-refractivity contribution in [1.82, 2.24) is 4.31 Å². The van der Waals surface area contributed by atoms with Gasteiger partial charge in [0, 0.05) is 7.05 Å². The Labute approximate surface area is 111 Å². The summed E-state index contributed by atoms with van der Waals surface area (Å²) in [4.78, 5) is 11.6. The Morgan fingerprint density at radius 1 is 1.42 bits per heavy atom. The van der Waals surface area contributed by atoms with Crippen molar-refractivity contribution in [3.05, 3.63) is 36.2 Å². The first kappa shape index (κ1) is 13.4. The second-order valence-corrected chi connectivity index (χ2v) is 5.81. The fourth-order valence-electron chi connectivity index (χ4n) is 1.71. The van der Waals surface area contributed by atoms with E-state index in [0.717, 1.165) is 10.4 Å². The third-order valence-electron chi connectivity index (χ3n) is 2.67. The quantitative estimate of drug-likeness (QED) is 0.650. The summed E-state index contributed by atoms with van der Waals surface area (Å²) in [6, 6.07) is 6.51. The van der Waals surface area contributed by atoms with Gasteiger partial charge in [-0.05, 0) is 19.1 Å². The topological polar surface area (TPSA) is 75.7 Å². The molecule has 1 aliphatic heterocycles. The number of nitrogens with one attached hydrogen (secondary N) is 1. The zero-order chi connectivity index (χ0) is 14.0. The summed E-state index contributed by atoms with van der Waals surface area (Å²) < 4.78 is 30.3. The number of carbonyl (C=O) groups is 1. The standard InChI is InChI=1S/C12H14N2O4S/c1-3-18-12(15)8-11-13-9-6-4-5-7-10(9)19(16,17)14(11)2/h4-8,13H,3H2,1-2H3/b11-8-. The van der Waals surface area contributed by atoms with Crippen LogP contribution in [0.2, 0.25) is 0 Å². The van der Waals surface area contributed by atoms with Crippen LogP contribution in [-0.2, 0) is 19.6 Å². The van der Waals surface area contributed by atoms with Gasteiger partial charge in [-0.15, -0.1) is 0 Å². The van der Waals surface area contributed by atoms with E-state index in [4.69, 9.17) is 4.74 Å². The van der Waals surface area contributed by atoms with E-state index in [-0.39, 0.29) is 17.3 Å². The van der Waals surface area contributed by atoms with Gasteiger partial charge in [0.2, 0.25) is 0 Å². The maximum absolute atomic E-state index is 12.2. The molecule has 0 aliphatic carbocycles. The van der Waals surface area contributed by atoms with Gasteiger partial charge < -0.3 is 10.1 Å². The van der Waals surface area contributed by atoms with Crippen molar-refractivity contribution in [3.8, 4) is 0 Å². The highest BCUT2D eigenvalue weighted by atomic mass is 32.2. The normalized spacial score (nSPS) is 18.6. The Morgan fingerprint density at radius 2 is 2.11 bits per heavy atom. The first-order valence-electron chi connectivity index (χ1n) is 5.70. The largest absolute Gasteiger partial charge is 0.463 e. The van der Waals surface area contributed by atoms with Gasteiger partial charge >= 0.3 is 5.97 Å². The van der Waals surface area contributed by atoms with Crippen LogP contribution < -0.4 is 5.32 Å². The molecular formula is C12H14N2O4S. The van der Waals surface area contributed by atoms with E-state index in [1.54, 1.807) is 25.1 Å². The van der Waals surface area contributed by atoms with Crippen molar-refractivity contribution in [1.29, 1.82) is 0 Å². The molecule has 19 heavy (non-hydrogen) atoms. The number of anilines is 1. The molecule has 0 unspecified atom stereocenters. The van der Waals surface area contributed by atoms with Crippen molar-refractivity contribution < 1.29 is 17.9 Å². The van der Waals surface area contributed by atoms with Gasteiger partial charge in [0.1, 0.15) is 10.7 Å². The Kier molecular flexibility index (Phi) is 3.48. The predicted octanol–water partition coefficient (Wildman–Crippen LogP) is 1.14. The van der Waals surface area contributed by atoms with Gasteiger partial charge in [-0.1, -0.05) is 12.1 Å². The van der Waals surface area contributed by atoms with Crippen LogP contribution in [0.1, 0.15) is 6.92 Å². The van der Waals surface area contributed by atoms with Gasteiger partial charge in [0.15, 0.2) is 0 Å². The van der Waals surface area contributed by atoms with Crippen LogP contribution in [-0.4, -0.2) is 32.3 Å². The van der Waals surface area contributed by atoms with Crippen molar-refractivity contribution in [2.45, 2.75) is 11.8 Å². The highest BCUT2D eigenvalue weighted by molar-refractivity contribution is 7.89. The third kappa shape index (κ3) is 2.41. The van der Waals surface area contributed by atoms with E-state index in [1.165, 1.54) is 13.1 Å². The van der Waals surface area contributed by atoms with Gasteiger partial charge in [-0.25, -0.2) is 13.2 Å². The molecule has 0 saturated heterocycles. The van der Waals surface area contributed by atoms with Crippen LogP contribution in [0.4, 0.5) is 5.69 Å². The summed E-state index contributed by atoms with van der Waals surface area (Å²) in [5.74, 6) is -0.427. The third-order valence-corrected chi connectivity index (χ3v) is 4.50. The van der Waals surface area contributed by atoms with Crippen molar-refractivity contribution >= 4 is 21.7 Å². The molecule has 7 heteroatoms. The molecule has 1 N–H and O–H groups in total. The van der Waals surface area contributed by atoms with Crippen molar-refractivity contribution in [2.24, 2.45) is 0 Å². The second-order valence-electron chi connectivity index (χ2n) is 3.88. The average Bonchev–Trinajstić information content (AvgIpc) is 2.36. The molecule has 1 aromatic carbocycles. The van der Waals surface area contributed by atoms with E-state index in [9.17, 15) is 13.2 Å². The molecule has 1 heterocycles. The average molecular weight is 282 g/mol. The minimum atomic E-state index is -3.64. The zero-order valence-electron chi connectivity index (χ0n) is 10.6. The molecule has 2 rings (SSSR count). The number of carbonyl (C=O) groups excluding carboxylic acids is 1. The molecule has 0 spiro atoms. The number of sulfonamides is 1. The van der Waals surface area contributed by atoms with Crippen LogP contribution >= 0.6 is 0 Å². The van der Waals surface area contributed by atoms with Gasteiger partial charge in [0.05, 0.1) is 18.4 Å². The van der Waals surface area contributed by atoms with Crippen LogP contribution in [0, 0.1) is 0 Å². The van der Waals surface area contributed by atoms with Crippen molar-refractivity contribution in [3.63, 3.8) is 0 Å². The fourth-order valence-corrected chi connectivity index (χ4v) is 3.01. The number of rotatable bonds is 2. The number of benzene rings is 1. The smallest absolute Gasteiger partial charge is 0.334 e. The molecule has 102 valence electrons. The second kappa shape index (κ2) is 4.93. The Hall–Kier alpha value is -2.02. The number of esters is 1. The number of para-hydroxylation sites is 1. The lowest BCUT2D eigenvalue weighted by Crippen LogP contribution is -2.35. The molecule has 1 aromatic rings. The molecule has 0 fully saturated rings. The van der Waals surface area contributed by atoms with E-state index < -0.39 is 16.0 Å². The number of nitrogens with zero attached hydrogens (tertiary/aromatic N) is 1. The summed E-state index contributed by atoms with van der Waals surface area (Å²) in [7, 11) is -2.26. The lowest BCUT2D eigenvalue weighted by atomic mass is 10.3. The minimum Gasteiger partial charge on any atom is -0.463 e. The number of ether oxygens (including phenoxy) is 1. The summed E-state index contributed by atoms with van der Waals surface area (Å²) in [5.41, 5.74) is 0.441. The van der Waals surface area contributed by atoms with Gasteiger partial charge in [-0.2, -0.15) is 0 Å². The Morgan fingerprint density at radius 3 is 2.79 bits per heavy atom. The van der Waals surface area contributed by atoms with Crippen LogP contribution in [0.3, 0.4) is 0 Å². The number of hydrogen-bond acceptors (Lipinski definition) is 5. The molecule has 0 bridgehead atoms. The molecule has 0 aromatic heterocycles. The molecule has 0 amide bonds. The minimum absolute atomic E-state index is 0.164. The number of fused-ring (bicyclic) bond motifs is 1. The molecule has 0 radical (unpaired) electrons. The zero-order valence-corrected chi connectivity index (χ0v) is 11.4. The molecular weight excluding hydrogens is 268 g/mol. The first-order valence-corrected chi connectivity index (χ1v) is 7.14. The summed E-state index contributed by atoms with van der Waals surface area (Å²) in [5, 5.41) is 2.90. The summed E-state index contributed by atoms with van der Waals surface area (Å²) in [6.07, 6.45) is 1.12.